The lowest BCUT2D eigenvalue weighted by Crippen LogP contribution is -2.34. The molecular weight excluding hydrogens is 224 g/mol. The Balaban J connectivity index is 1.70. The number of piperidine rings is 1. The van der Waals surface area contributed by atoms with Crippen molar-refractivity contribution >= 4 is 5.65 Å². The molecule has 0 unspecified atom stereocenters. The zero-order chi connectivity index (χ0) is 12.4. The lowest BCUT2D eigenvalue weighted by Gasteiger charge is -2.30. The summed E-state index contributed by atoms with van der Waals surface area (Å²) in [4.78, 5) is 2.53. The summed E-state index contributed by atoms with van der Waals surface area (Å²) in [6.07, 6.45) is 5.69. The van der Waals surface area contributed by atoms with Gasteiger partial charge in [0.2, 0.25) is 0 Å². The molecule has 0 radical (unpaired) electrons. The fourth-order valence-electron chi connectivity index (χ4n) is 2.80. The van der Waals surface area contributed by atoms with Crippen molar-refractivity contribution in [2.75, 3.05) is 19.6 Å². The Morgan fingerprint density at radius 1 is 1.22 bits per heavy atom. The molecule has 1 fully saturated rings. The van der Waals surface area contributed by atoms with Gasteiger partial charge in [-0.05, 0) is 50.5 Å². The summed E-state index contributed by atoms with van der Waals surface area (Å²) >= 11 is 0. The van der Waals surface area contributed by atoms with Crippen LogP contribution in [-0.4, -0.2) is 39.1 Å². The molecule has 0 aliphatic carbocycles. The molecule has 0 atom stereocenters. The van der Waals surface area contributed by atoms with Crippen molar-refractivity contribution < 1.29 is 0 Å². The fourth-order valence-corrected chi connectivity index (χ4v) is 2.80. The summed E-state index contributed by atoms with van der Waals surface area (Å²) in [5, 5.41) is 8.55. The zero-order valence-electron chi connectivity index (χ0n) is 10.9. The van der Waals surface area contributed by atoms with E-state index in [1.54, 1.807) is 0 Å². The highest BCUT2D eigenvalue weighted by molar-refractivity contribution is 5.37. The van der Waals surface area contributed by atoms with E-state index in [2.05, 4.69) is 32.6 Å². The minimum absolute atomic E-state index is 0.764. The molecule has 4 heteroatoms. The number of likely N-dealkylation sites (tertiary alicyclic amines) is 1. The Morgan fingerprint density at radius 2 is 2.06 bits per heavy atom. The van der Waals surface area contributed by atoms with Crippen LogP contribution in [0.25, 0.3) is 5.65 Å². The van der Waals surface area contributed by atoms with E-state index in [-0.39, 0.29) is 0 Å². The quantitative estimate of drug-likeness (QED) is 0.828. The third-order valence-corrected chi connectivity index (χ3v) is 4.01. The molecule has 3 heterocycles. The summed E-state index contributed by atoms with van der Waals surface area (Å²) in [6, 6.07) is 6.06. The second-order valence-electron chi connectivity index (χ2n) is 5.13. The van der Waals surface area contributed by atoms with Gasteiger partial charge in [0.15, 0.2) is 5.65 Å². The van der Waals surface area contributed by atoms with Gasteiger partial charge in [-0.3, -0.25) is 4.40 Å². The van der Waals surface area contributed by atoms with Crippen LogP contribution in [0.3, 0.4) is 0 Å². The summed E-state index contributed by atoms with van der Waals surface area (Å²) < 4.78 is 2.12. The maximum atomic E-state index is 4.33. The van der Waals surface area contributed by atoms with Crippen LogP contribution < -0.4 is 0 Å². The van der Waals surface area contributed by atoms with Gasteiger partial charge in [-0.25, -0.2) is 0 Å². The van der Waals surface area contributed by atoms with Gasteiger partial charge in [-0.2, -0.15) is 0 Å². The molecule has 0 saturated carbocycles. The van der Waals surface area contributed by atoms with Crippen molar-refractivity contribution in [3.8, 4) is 0 Å². The number of aromatic nitrogens is 3. The van der Waals surface area contributed by atoms with Crippen LogP contribution >= 0.6 is 0 Å². The molecule has 0 N–H and O–H groups in total. The van der Waals surface area contributed by atoms with Crippen LogP contribution in [0, 0.1) is 5.92 Å². The molecule has 2 aromatic heterocycles. The van der Waals surface area contributed by atoms with E-state index in [1.807, 2.05) is 18.2 Å². The Labute approximate surface area is 108 Å². The van der Waals surface area contributed by atoms with Crippen molar-refractivity contribution in [3.63, 3.8) is 0 Å². The maximum absolute atomic E-state index is 4.33. The third-order valence-electron chi connectivity index (χ3n) is 4.01. The normalized spacial score (nSPS) is 18.5. The molecule has 18 heavy (non-hydrogen) atoms. The second-order valence-corrected chi connectivity index (χ2v) is 5.13. The van der Waals surface area contributed by atoms with Gasteiger partial charge in [-0.15, -0.1) is 10.2 Å². The Bertz CT molecular complexity index is 511. The van der Waals surface area contributed by atoms with Crippen molar-refractivity contribution in [3.05, 3.63) is 30.2 Å². The van der Waals surface area contributed by atoms with Crippen LogP contribution in [0.15, 0.2) is 24.4 Å². The molecule has 0 amide bonds. The number of pyridine rings is 1. The topological polar surface area (TPSA) is 33.4 Å². The molecule has 0 spiro atoms. The highest BCUT2D eigenvalue weighted by Gasteiger charge is 2.20. The molecule has 1 aliphatic rings. The number of hydrogen-bond donors (Lipinski definition) is 0. The zero-order valence-corrected chi connectivity index (χ0v) is 10.9. The number of fused-ring (bicyclic) bond motifs is 1. The predicted octanol–water partition coefficient (Wildman–Crippen LogP) is 2.00. The Kier molecular flexibility index (Phi) is 3.28. The molecule has 0 bridgehead atoms. The first-order valence-electron chi connectivity index (χ1n) is 6.88. The minimum Gasteiger partial charge on any atom is -0.304 e. The first-order valence-corrected chi connectivity index (χ1v) is 6.88. The summed E-state index contributed by atoms with van der Waals surface area (Å²) in [5.41, 5.74) is 0.957. The van der Waals surface area contributed by atoms with Crippen molar-refractivity contribution in [2.24, 2.45) is 5.92 Å². The van der Waals surface area contributed by atoms with E-state index < -0.39 is 0 Å². The van der Waals surface area contributed by atoms with Crippen LogP contribution in [0.4, 0.5) is 0 Å². The minimum atomic E-state index is 0.764. The highest BCUT2D eigenvalue weighted by Crippen LogP contribution is 2.21. The van der Waals surface area contributed by atoms with E-state index >= 15 is 0 Å². The van der Waals surface area contributed by atoms with Gasteiger partial charge in [0.05, 0.1) is 0 Å². The molecule has 0 aromatic carbocycles. The average Bonchev–Trinajstić information content (AvgIpc) is 2.83. The van der Waals surface area contributed by atoms with Crippen LogP contribution in [0.5, 0.6) is 0 Å². The molecule has 3 rings (SSSR count). The van der Waals surface area contributed by atoms with Gasteiger partial charge in [0.25, 0.3) is 0 Å². The fraction of sp³-hybridized carbons (Fsp3) is 0.571. The first-order chi connectivity index (χ1) is 8.86. The largest absolute Gasteiger partial charge is 0.304 e. The lowest BCUT2D eigenvalue weighted by molar-refractivity contribution is 0.190. The third kappa shape index (κ3) is 2.25. The van der Waals surface area contributed by atoms with Gasteiger partial charge in [0.1, 0.15) is 5.82 Å². The second kappa shape index (κ2) is 5.06. The summed E-state index contributed by atoms with van der Waals surface area (Å²) in [7, 11) is 0. The first kappa shape index (κ1) is 11.7. The average molecular weight is 244 g/mol. The molecule has 96 valence electrons. The summed E-state index contributed by atoms with van der Waals surface area (Å²) in [5.74, 6) is 1.88. The van der Waals surface area contributed by atoms with E-state index in [0.29, 0.717) is 0 Å². The van der Waals surface area contributed by atoms with Gasteiger partial charge < -0.3 is 4.90 Å². The van der Waals surface area contributed by atoms with Crippen molar-refractivity contribution in [1.82, 2.24) is 19.5 Å². The van der Waals surface area contributed by atoms with Crippen molar-refractivity contribution in [2.45, 2.75) is 26.2 Å². The molecule has 2 aromatic rings. The van der Waals surface area contributed by atoms with E-state index in [9.17, 15) is 0 Å². The smallest absolute Gasteiger partial charge is 0.160 e. The highest BCUT2D eigenvalue weighted by atomic mass is 15.2. The number of rotatable bonds is 3. The molecular formula is C14H20N4. The number of hydrogen-bond acceptors (Lipinski definition) is 3. The van der Waals surface area contributed by atoms with Crippen LogP contribution in [0.1, 0.15) is 25.6 Å². The van der Waals surface area contributed by atoms with Gasteiger partial charge in [-0.1, -0.05) is 13.0 Å². The van der Waals surface area contributed by atoms with Gasteiger partial charge >= 0.3 is 0 Å². The predicted molar refractivity (Wildman–Crippen MR) is 71.5 cm³/mol. The van der Waals surface area contributed by atoms with E-state index in [0.717, 1.165) is 23.8 Å². The van der Waals surface area contributed by atoms with Crippen LogP contribution in [0.2, 0.25) is 0 Å². The molecule has 1 saturated heterocycles. The molecule has 1 aliphatic heterocycles. The Morgan fingerprint density at radius 3 is 2.83 bits per heavy atom. The monoisotopic (exact) mass is 244 g/mol. The van der Waals surface area contributed by atoms with E-state index in [1.165, 1.54) is 32.5 Å². The van der Waals surface area contributed by atoms with E-state index in [4.69, 9.17) is 0 Å². The Hall–Kier alpha value is -1.42. The lowest BCUT2D eigenvalue weighted by atomic mass is 9.93. The van der Waals surface area contributed by atoms with Crippen molar-refractivity contribution in [1.29, 1.82) is 0 Å². The summed E-state index contributed by atoms with van der Waals surface area (Å²) in [6.45, 7) is 5.89. The number of nitrogens with zero attached hydrogens (tertiary/aromatic N) is 4. The standard InChI is InChI=1S/C14H20N4/c1-2-17-9-6-12(7-10-17)11-14-16-15-13-5-3-4-8-18(13)14/h3-5,8,12H,2,6-7,9-11H2,1H3. The SMILES string of the molecule is CCN1CCC(Cc2nnc3ccccn23)CC1. The molecule has 4 nitrogen and oxygen atoms in total. The van der Waals surface area contributed by atoms with Crippen LogP contribution in [-0.2, 0) is 6.42 Å². The van der Waals surface area contributed by atoms with Gasteiger partial charge in [0, 0.05) is 12.6 Å². The maximum Gasteiger partial charge on any atom is 0.160 e.